The van der Waals surface area contributed by atoms with E-state index in [0.29, 0.717) is 19.6 Å². The molecule has 0 radical (unpaired) electrons. The smallest absolute Gasteiger partial charge is 0.379 e. The molecule has 0 bridgehead atoms. The molecule has 1 fully saturated rings. The van der Waals surface area contributed by atoms with Crippen molar-refractivity contribution in [2.75, 3.05) is 18.5 Å². The number of carbonyl (C=O) groups excluding carboxylic acids is 1. The Hall–Kier alpha value is -1.47. The Balaban J connectivity index is 2.00. The van der Waals surface area contributed by atoms with Crippen molar-refractivity contribution < 1.29 is 22.7 Å². The molecule has 1 atom stereocenters. The van der Waals surface area contributed by atoms with Gasteiger partial charge in [-0.25, -0.2) is 4.79 Å². The maximum atomic E-state index is 12.5. The summed E-state index contributed by atoms with van der Waals surface area (Å²) in [7, 11) is 0. The van der Waals surface area contributed by atoms with E-state index in [1.807, 2.05) is 0 Å². The zero-order valence-corrected chi connectivity index (χ0v) is 11.0. The highest BCUT2D eigenvalue weighted by atomic mass is 35.5. The van der Waals surface area contributed by atoms with Gasteiger partial charge in [-0.1, -0.05) is 11.6 Å². The van der Waals surface area contributed by atoms with Crippen molar-refractivity contribution >= 4 is 23.3 Å². The van der Waals surface area contributed by atoms with Crippen molar-refractivity contribution in [2.45, 2.75) is 18.6 Å². The zero-order chi connectivity index (χ0) is 14.8. The number of halogens is 4. The number of alkyl halides is 3. The number of anilines is 1. The summed E-state index contributed by atoms with van der Waals surface area (Å²) >= 11 is 5.73. The van der Waals surface area contributed by atoms with Crippen LogP contribution in [0.4, 0.5) is 23.7 Å². The first-order valence-electron chi connectivity index (χ1n) is 5.88. The fraction of sp³-hybridized carbons (Fsp3) is 0.417. The summed E-state index contributed by atoms with van der Waals surface area (Å²) in [5, 5.41) is 4.89. The van der Waals surface area contributed by atoms with Crippen molar-refractivity contribution in [2.24, 2.45) is 0 Å². The van der Waals surface area contributed by atoms with Crippen LogP contribution in [0, 0.1) is 0 Å². The molecular weight excluding hydrogens is 297 g/mol. The van der Waals surface area contributed by atoms with E-state index in [1.165, 1.54) is 0 Å². The molecule has 0 spiro atoms. The number of hydrogen-bond donors (Lipinski definition) is 2. The Morgan fingerprint density at radius 3 is 2.70 bits per heavy atom. The fourth-order valence-corrected chi connectivity index (χ4v) is 2.01. The van der Waals surface area contributed by atoms with Gasteiger partial charge in [-0.05, 0) is 24.6 Å². The molecule has 0 aromatic heterocycles. The van der Waals surface area contributed by atoms with E-state index in [1.54, 1.807) is 0 Å². The lowest BCUT2D eigenvalue weighted by Gasteiger charge is -2.14. The van der Waals surface area contributed by atoms with Crippen molar-refractivity contribution in [1.29, 1.82) is 0 Å². The van der Waals surface area contributed by atoms with Crippen LogP contribution in [-0.4, -0.2) is 25.3 Å². The van der Waals surface area contributed by atoms with Gasteiger partial charge in [0.25, 0.3) is 0 Å². The van der Waals surface area contributed by atoms with Crippen molar-refractivity contribution in [3.63, 3.8) is 0 Å². The SMILES string of the molecule is O=C(Nc1ccc(C(F)(F)F)cc1Cl)NC1CCOC1. The minimum absolute atomic E-state index is 0.0942. The van der Waals surface area contributed by atoms with E-state index in [-0.39, 0.29) is 16.8 Å². The lowest BCUT2D eigenvalue weighted by molar-refractivity contribution is -0.137. The third-order valence-corrected chi connectivity index (χ3v) is 3.12. The first kappa shape index (κ1) is 14.9. The first-order valence-corrected chi connectivity index (χ1v) is 6.26. The van der Waals surface area contributed by atoms with Crippen molar-refractivity contribution in [1.82, 2.24) is 5.32 Å². The molecule has 8 heteroatoms. The standard InChI is InChI=1S/C12H12ClF3N2O2/c13-9-5-7(12(14,15)16)1-2-10(9)18-11(19)17-8-3-4-20-6-8/h1-2,5,8H,3-4,6H2,(H2,17,18,19). The second-order valence-corrected chi connectivity index (χ2v) is 4.76. The second kappa shape index (κ2) is 5.88. The average molecular weight is 309 g/mol. The molecular formula is C12H12ClF3N2O2. The van der Waals surface area contributed by atoms with Gasteiger partial charge in [-0.2, -0.15) is 13.2 Å². The van der Waals surface area contributed by atoms with Gasteiger partial charge in [0.15, 0.2) is 0 Å². The largest absolute Gasteiger partial charge is 0.416 e. The quantitative estimate of drug-likeness (QED) is 0.881. The number of urea groups is 1. The highest BCUT2D eigenvalue weighted by Crippen LogP contribution is 2.33. The molecule has 2 rings (SSSR count). The number of hydrogen-bond acceptors (Lipinski definition) is 2. The molecule has 1 aliphatic rings. The summed E-state index contributed by atoms with van der Waals surface area (Å²) in [5.41, 5.74) is -0.742. The average Bonchev–Trinajstić information content (AvgIpc) is 2.83. The van der Waals surface area contributed by atoms with Crippen LogP contribution in [0.1, 0.15) is 12.0 Å². The molecule has 1 aromatic carbocycles. The van der Waals surface area contributed by atoms with E-state index in [9.17, 15) is 18.0 Å². The van der Waals surface area contributed by atoms with Gasteiger partial charge >= 0.3 is 12.2 Å². The highest BCUT2D eigenvalue weighted by molar-refractivity contribution is 6.33. The monoisotopic (exact) mass is 308 g/mol. The molecule has 1 aliphatic heterocycles. The number of amides is 2. The number of nitrogens with one attached hydrogen (secondary N) is 2. The lowest BCUT2D eigenvalue weighted by Crippen LogP contribution is -2.38. The molecule has 20 heavy (non-hydrogen) atoms. The van der Waals surface area contributed by atoms with Gasteiger partial charge in [0.1, 0.15) is 0 Å². The number of ether oxygens (including phenoxy) is 1. The Morgan fingerprint density at radius 2 is 2.15 bits per heavy atom. The molecule has 2 amide bonds. The van der Waals surface area contributed by atoms with E-state index < -0.39 is 17.8 Å². The summed E-state index contributed by atoms with van der Waals surface area (Å²) in [4.78, 5) is 11.6. The molecule has 0 aliphatic carbocycles. The van der Waals surface area contributed by atoms with Crippen LogP contribution in [0.25, 0.3) is 0 Å². The maximum absolute atomic E-state index is 12.5. The Bertz CT molecular complexity index is 502. The zero-order valence-electron chi connectivity index (χ0n) is 10.3. The van der Waals surface area contributed by atoms with Crippen LogP contribution in [0.3, 0.4) is 0 Å². The molecule has 1 aromatic rings. The number of rotatable bonds is 2. The Morgan fingerprint density at radius 1 is 1.40 bits per heavy atom. The molecule has 2 N–H and O–H groups in total. The topological polar surface area (TPSA) is 50.4 Å². The van der Waals surface area contributed by atoms with Gasteiger partial charge in [-0.15, -0.1) is 0 Å². The van der Waals surface area contributed by atoms with E-state index in [2.05, 4.69) is 10.6 Å². The van der Waals surface area contributed by atoms with Gasteiger partial charge in [0.05, 0.1) is 28.9 Å². The van der Waals surface area contributed by atoms with Crippen molar-refractivity contribution in [3.05, 3.63) is 28.8 Å². The summed E-state index contributed by atoms with van der Waals surface area (Å²) < 4.78 is 42.5. The van der Waals surface area contributed by atoms with Gasteiger partial charge in [0, 0.05) is 6.61 Å². The summed E-state index contributed by atoms with van der Waals surface area (Å²) in [5.74, 6) is 0. The van der Waals surface area contributed by atoms with Crippen LogP contribution in [0.5, 0.6) is 0 Å². The second-order valence-electron chi connectivity index (χ2n) is 4.35. The third-order valence-electron chi connectivity index (χ3n) is 2.81. The van der Waals surface area contributed by atoms with Gasteiger partial charge in [-0.3, -0.25) is 0 Å². The number of benzene rings is 1. The summed E-state index contributed by atoms with van der Waals surface area (Å²) in [6.45, 7) is 1.00. The Labute approximate surface area is 118 Å². The molecule has 1 unspecified atom stereocenters. The van der Waals surface area contributed by atoms with Crippen LogP contribution in [0.15, 0.2) is 18.2 Å². The third kappa shape index (κ3) is 3.77. The first-order chi connectivity index (χ1) is 9.36. The van der Waals surface area contributed by atoms with E-state index >= 15 is 0 Å². The summed E-state index contributed by atoms with van der Waals surface area (Å²) in [6, 6.07) is 2.14. The fourth-order valence-electron chi connectivity index (χ4n) is 1.78. The van der Waals surface area contributed by atoms with Gasteiger partial charge < -0.3 is 15.4 Å². The lowest BCUT2D eigenvalue weighted by atomic mass is 10.2. The normalized spacial score (nSPS) is 18.9. The molecule has 1 saturated heterocycles. The minimum Gasteiger partial charge on any atom is -0.379 e. The summed E-state index contributed by atoms with van der Waals surface area (Å²) in [6.07, 6.45) is -3.76. The highest BCUT2D eigenvalue weighted by Gasteiger charge is 2.31. The van der Waals surface area contributed by atoms with E-state index in [4.69, 9.17) is 16.3 Å². The van der Waals surface area contributed by atoms with Crippen LogP contribution < -0.4 is 10.6 Å². The Kier molecular flexibility index (Phi) is 4.39. The van der Waals surface area contributed by atoms with Crippen LogP contribution in [0.2, 0.25) is 5.02 Å². The molecule has 0 saturated carbocycles. The molecule has 4 nitrogen and oxygen atoms in total. The van der Waals surface area contributed by atoms with Gasteiger partial charge in [0.2, 0.25) is 0 Å². The number of carbonyl (C=O) groups is 1. The van der Waals surface area contributed by atoms with Crippen molar-refractivity contribution in [3.8, 4) is 0 Å². The predicted molar refractivity (Wildman–Crippen MR) is 67.8 cm³/mol. The van der Waals surface area contributed by atoms with Crippen LogP contribution >= 0.6 is 11.6 Å². The minimum atomic E-state index is -4.47. The molecule has 110 valence electrons. The molecule has 1 heterocycles. The predicted octanol–water partition coefficient (Wildman–Crippen LogP) is 3.27. The maximum Gasteiger partial charge on any atom is 0.416 e. The van der Waals surface area contributed by atoms with E-state index in [0.717, 1.165) is 18.2 Å². The van der Waals surface area contributed by atoms with Crippen LogP contribution in [-0.2, 0) is 10.9 Å².